The van der Waals surface area contributed by atoms with Gasteiger partial charge in [-0.1, -0.05) is 38.5 Å². The minimum atomic E-state index is -4.77. The van der Waals surface area contributed by atoms with Crippen LogP contribution in [0.2, 0.25) is 0 Å². The molecule has 0 spiro atoms. The number of hydrogen-bond acceptors (Lipinski definition) is 0. The van der Waals surface area contributed by atoms with Crippen LogP contribution >= 0.6 is 0 Å². The maximum absolute atomic E-state index is 14.2. The van der Waals surface area contributed by atoms with Crippen LogP contribution in [-0.4, -0.2) is 6.18 Å². The van der Waals surface area contributed by atoms with Gasteiger partial charge in [0.2, 0.25) is 0 Å². The minimum absolute atomic E-state index is 0.0660. The first-order valence-electron chi connectivity index (χ1n) is 10.9. The molecule has 2 saturated carbocycles. The highest BCUT2D eigenvalue weighted by atomic mass is 19.4. The van der Waals surface area contributed by atoms with Gasteiger partial charge in [-0.05, 0) is 79.9 Å². The van der Waals surface area contributed by atoms with E-state index in [0.29, 0.717) is 11.5 Å². The Kier molecular flexibility index (Phi) is 7.24. The monoisotopic (exact) mass is 412 g/mol. The minimum Gasteiger partial charge on any atom is -0.206 e. The summed E-state index contributed by atoms with van der Waals surface area (Å²) in [6, 6.07) is 2.34. The van der Waals surface area contributed by atoms with E-state index in [0.717, 1.165) is 43.4 Å². The first kappa shape index (κ1) is 22.1. The van der Waals surface area contributed by atoms with Crippen molar-refractivity contribution in [2.24, 2.45) is 17.8 Å². The van der Waals surface area contributed by atoms with Crippen LogP contribution in [0.25, 0.3) is 0 Å². The summed E-state index contributed by atoms with van der Waals surface area (Å²) in [4.78, 5) is 0. The van der Waals surface area contributed by atoms with E-state index >= 15 is 0 Å². The molecule has 2 fully saturated rings. The summed E-state index contributed by atoms with van der Waals surface area (Å²) in [5.74, 6) is 2.94. The van der Waals surface area contributed by atoms with Gasteiger partial charge in [0, 0.05) is 5.92 Å². The molecule has 1 aromatic rings. The van der Waals surface area contributed by atoms with E-state index in [-0.39, 0.29) is 5.92 Å². The van der Waals surface area contributed by atoms with E-state index in [1.54, 1.807) is 5.92 Å². The fraction of sp³-hybridized carbons (Fsp3) is 0.667. The Hall–Kier alpha value is -1.57. The molecule has 0 atom stereocenters. The summed E-state index contributed by atoms with van der Waals surface area (Å²) in [7, 11) is 0. The molecule has 0 nitrogen and oxygen atoms in total. The fourth-order valence-electron chi connectivity index (χ4n) is 5.36. The molecule has 0 N–H and O–H groups in total. The molecular weight excluding hydrogens is 383 g/mol. The number of benzene rings is 1. The van der Waals surface area contributed by atoms with Crippen molar-refractivity contribution >= 4 is 0 Å². The molecule has 0 bridgehead atoms. The maximum atomic E-state index is 14.2. The quantitative estimate of drug-likeness (QED) is 0.350. The normalized spacial score (nSPS) is 27.9. The Morgan fingerprint density at radius 1 is 0.862 bits per heavy atom. The zero-order chi connectivity index (χ0) is 21.0. The van der Waals surface area contributed by atoms with Crippen LogP contribution in [0.4, 0.5) is 22.0 Å². The predicted molar refractivity (Wildman–Crippen MR) is 104 cm³/mol. The summed E-state index contributed by atoms with van der Waals surface area (Å²) in [6.07, 6.45) is 6.97. The van der Waals surface area contributed by atoms with Crippen LogP contribution in [0.3, 0.4) is 0 Å². The second-order valence-electron chi connectivity index (χ2n) is 8.79. The van der Waals surface area contributed by atoms with Crippen molar-refractivity contribution in [2.45, 2.75) is 83.2 Å². The molecule has 160 valence electrons. The standard InChI is InChI=1S/C24H29F5/c1-2-3-16-4-6-17(7-5-16)18-8-10-19(11-9-18)20-14-22(25)21(23(26)15-20)12-13-24(27,28)29/h14-19H,2-11H2,1H3. The van der Waals surface area contributed by atoms with Crippen molar-refractivity contribution < 1.29 is 22.0 Å². The van der Waals surface area contributed by atoms with Gasteiger partial charge in [0.05, 0.1) is 5.56 Å². The Morgan fingerprint density at radius 3 is 1.86 bits per heavy atom. The fourth-order valence-corrected chi connectivity index (χ4v) is 5.36. The molecule has 0 aliphatic heterocycles. The van der Waals surface area contributed by atoms with E-state index in [1.165, 1.54) is 50.7 Å². The average Bonchev–Trinajstić information content (AvgIpc) is 2.67. The van der Waals surface area contributed by atoms with Crippen molar-refractivity contribution in [1.82, 2.24) is 0 Å². The van der Waals surface area contributed by atoms with Gasteiger partial charge in [0.25, 0.3) is 0 Å². The molecule has 2 aliphatic carbocycles. The molecular formula is C24H29F5. The Balaban J connectivity index is 1.59. The van der Waals surface area contributed by atoms with Gasteiger partial charge in [-0.3, -0.25) is 0 Å². The van der Waals surface area contributed by atoms with Crippen molar-refractivity contribution in [2.75, 3.05) is 0 Å². The molecule has 2 aliphatic rings. The molecule has 29 heavy (non-hydrogen) atoms. The number of hydrogen-bond donors (Lipinski definition) is 0. The van der Waals surface area contributed by atoms with Crippen molar-refractivity contribution in [3.63, 3.8) is 0 Å². The molecule has 0 unspecified atom stereocenters. The van der Waals surface area contributed by atoms with Crippen LogP contribution in [0.5, 0.6) is 0 Å². The lowest BCUT2D eigenvalue weighted by Crippen LogP contribution is -2.25. The Labute approximate surface area is 170 Å². The SMILES string of the molecule is CCCC1CCC(C2CCC(c3cc(F)c(C#CC(F)(F)F)c(F)c3)CC2)CC1. The Bertz CT molecular complexity index is 716. The van der Waals surface area contributed by atoms with Crippen LogP contribution in [0.1, 0.15) is 88.2 Å². The highest BCUT2D eigenvalue weighted by Gasteiger charge is 2.31. The first-order valence-corrected chi connectivity index (χ1v) is 10.9. The topological polar surface area (TPSA) is 0 Å². The highest BCUT2D eigenvalue weighted by Crippen LogP contribution is 2.44. The van der Waals surface area contributed by atoms with Crippen molar-refractivity contribution in [1.29, 1.82) is 0 Å². The molecule has 3 rings (SSSR count). The third-order valence-corrected chi connectivity index (χ3v) is 6.89. The Morgan fingerprint density at radius 2 is 1.38 bits per heavy atom. The van der Waals surface area contributed by atoms with E-state index < -0.39 is 23.4 Å². The molecule has 0 saturated heterocycles. The average molecular weight is 412 g/mol. The predicted octanol–water partition coefficient (Wildman–Crippen LogP) is 7.76. The highest BCUT2D eigenvalue weighted by molar-refractivity contribution is 5.40. The van der Waals surface area contributed by atoms with Gasteiger partial charge in [0.15, 0.2) is 0 Å². The van der Waals surface area contributed by atoms with Gasteiger partial charge in [-0.25, -0.2) is 8.78 Å². The summed E-state index contributed by atoms with van der Waals surface area (Å²) >= 11 is 0. The molecule has 0 heterocycles. The number of rotatable bonds is 4. The van der Waals surface area contributed by atoms with Gasteiger partial charge < -0.3 is 0 Å². The zero-order valence-electron chi connectivity index (χ0n) is 16.9. The molecule has 0 radical (unpaired) electrons. The lowest BCUT2D eigenvalue weighted by atomic mass is 9.68. The van der Waals surface area contributed by atoms with Gasteiger partial charge in [0.1, 0.15) is 11.6 Å². The molecule has 0 aromatic heterocycles. The lowest BCUT2D eigenvalue weighted by molar-refractivity contribution is -0.0696. The smallest absolute Gasteiger partial charge is 0.206 e. The van der Waals surface area contributed by atoms with Crippen LogP contribution in [0, 0.1) is 41.2 Å². The number of halogens is 5. The van der Waals surface area contributed by atoms with Crippen LogP contribution < -0.4 is 0 Å². The second kappa shape index (κ2) is 9.49. The van der Waals surface area contributed by atoms with Gasteiger partial charge in [-0.15, -0.1) is 0 Å². The molecule has 5 heteroatoms. The zero-order valence-corrected chi connectivity index (χ0v) is 16.9. The van der Waals surface area contributed by atoms with Gasteiger partial charge in [-0.2, -0.15) is 13.2 Å². The van der Waals surface area contributed by atoms with E-state index in [1.807, 2.05) is 0 Å². The summed E-state index contributed by atoms with van der Waals surface area (Å²) in [5, 5.41) is 0. The third-order valence-electron chi connectivity index (χ3n) is 6.89. The first-order chi connectivity index (χ1) is 13.8. The largest absolute Gasteiger partial charge is 0.458 e. The summed E-state index contributed by atoms with van der Waals surface area (Å²) in [6.45, 7) is 2.24. The molecule has 1 aromatic carbocycles. The lowest BCUT2D eigenvalue weighted by Gasteiger charge is -2.38. The van der Waals surface area contributed by atoms with Crippen LogP contribution in [0.15, 0.2) is 12.1 Å². The van der Waals surface area contributed by atoms with E-state index in [4.69, 9.17) is 0 Å². The third kappa shape index (κ3) is 5.96. The van der Waals surface area contributed by atoms with E-state index in [9.17, 15) is 22.0 Å². The summed E-state index contributed by atoms with van der Waals surface area (Å²) in [5.41, 5.74) is -0.258. The number of alkyl halides is 3. The van der Waals surface area contributed by atoms with E-state index in [2.05, 4.69) is 6.92 Å². The second-order valence-corrected chi connectivity index (χ2v) is 8.79. The van der Waals surface area contributed by atoms with Crippen LogP contribution in [-0.2, 0) is 0 Å². The maximum Gasteiger partial charge on any atom is 0.458 e. The van der Waals surface area contributed by atoms with Crippen molar-refractivity contribution in [3.8, 4) is 11.8 Å². The van der Waals surface area contributed by atoms with Crippen molar-refractivity contribution in [3.05, 3.63) is 34.9 Å². The molecule has 0 amide bonds. The summed E-state index contributed by atoms with van der Waals surface area (Å²) < 4.78 is 65.0. The van der Waals surface area contributed by atoms with Gasteiger partial charge >= 0.3 is 6.18 Å².